The number of aromatic nitrogens is 2. The summed E-state index contributed by atoms with van der Waals surface area (Å²) in [5, 5.41) is 14.5. The van der Waals surface area contributed by atoms with E-state index < -0.39 is 11.9 Å². The van der Waals surface area contributed by atoms with E-state index in [-0.39, 0.29) is 0 Å². The molecule has 0 fully saturated rings. The van der Waals surface area contributed by atoms with Crippen LogP contribution < -0.4 is 5.32 Å². The van der Waals surface area contributed by atoms with Crippen LogP contribution in [0.5, 0.6) is 0 Å². The Balaban J connectivity index is 2.11. The van der Waals surface area contributed by atoms with Gasteiger partial charge in [-0.3, -0.25) is 9.48 Å². The number of carboxylic acids is 1. The molecule has 0 saturated heterocycles. The number of amides is 1. The van der Waals surface area contributed by atoms with Crippen LogP contribution in [0.1, 0.15) is 6.42 Å². The molecule has 0 bridgehead atoms. The largest absolute Gasteiger partial charge is 0.474 e. The van der Waals surface area contributed by atoms with Gasteiger partial charge in [-0.2, -0.15) is 5.10 Å². The Morgan fingerprint density at radius 3 is 2.86 bits per heavy atom. The number of aliphatic carboxylic acids is 1. The minimum Gasteiger partial charge on any atom is -0.474 e. The fourth-order valence-corrected chi connectivity index (χ4v) is 0.951. The number of aryl methyl sites for hydroxylation is 1. The van der Waals surface area contributed by atoms with Crippen molar-refractivity contribution >= 4 is 11.9 Å². The predicted octanol–water partition coefficient (Wildman–Crippen LogP) is -0.526. The molecule has 0 aliphatic heterocycles. The molecule has 76 valence electrons. The third-order valence-electron chi connectivity index (χ3n) is 1.60. The van der Waals surface area contributed by atoms with Crippen LogP contribution >= 0.6 is 0 Å². The van der Waals surface area contributed by atoms with Gasteiger partial charge in [-0.15, -0.1) is 0 Å². The topological polar surface area (TPSA) is 84.2 Å². The smallest absolute Gasteiger partial charge is 0.394 e. The van der Waals surface area contributed by atoms with Crippen LogP contribution in [0.4, 0.5) is 0 Å². The van der Waals surface area contributed by atoms with Gasteiger partial charge in [0.1, 0.15) is 0 Å². The second kappa shape index (κ2) is 5.00. The molecule has 6 heteroatoms. The highest BCUT2D eigenvalue weighted by molar-refractivity contribution is 6.31. The highest BCUT2D eigenvalue weighted by atomic mass is 16.4. The van der Waals surface area contributed by atoms with Crippen molar-refractivity contribution in [1.82, 2.24) is 15.1 Å². The standard InChI is InChI=1S/C8H11N3O3/c12-7(8(13)14)9-3-1-5-11-6-2-4-10-11/h2,4,6H,1,3,5H2,(H,9,12)(H,13,14). The van der Waals surface area contributed by atoms with Gasteiger partial charge in [-0.1, -0.05) is 0 Å². The monoisotopic (exact) mass is 197 g/mol. The average Bonchev–Trinajstić information content (AvgIpc) is 2.64. The van der Waals surface area contributed by atoms with Gasteiger partial charge < -0.3 is 10.4 Å². The van der Waals surface area contributed by atoms with Gasteiger partial charge >= 0.3 is 11.9 Å². The van der Waals surface area contributed by atoms with E-state index in [9.17, 15) is 9.59 Å². The molecule has 0 radical (unpaired) electrons. The van der Waals surface area contributed by atoms with Crippen LogP contribution in [-0.2, 0) is 16.1 Å². The van der Waals surface area contributed by atoms with Gasteiger partial charge in [-0.05, 0) is 12.5 Å². The SMILES string of the molecule is O=C(O)C(=O)NCCCn1cccn1. The first-order valence-corrected chi connectivity index (χ1v) is 4.18. The Hall–Kier alpha value is -1.85. The van der Waals surface area contributed by atoms with Crippen LogP contribution in [0, 0.1) is 0 Å². The zero-order chi connectivity index (χ0) is 10.4. The third-order valence-corrected chi connectivity index (χ3v) is 1.60. The van der Waals surface area contributed by atoms with E-state index in [1.54, 1.807) is 23.1 Å². The van der Waals surface area contributed by atoms with Gasteiger partial charge in [-0.25, -0.2) is 4.79 Å². The summed E-state index contributed by atoms with van der Waals surface area (Å²) in [5.41, 5.74) is 0. The number of carbonyl (C=O) groups is 2. The quantitative estimate of drug-likeness (QED) is 0.502. The van der Waals surface area contributed by atoms with Crippen molar-refractivity contribution in [3.8, 4) is 0 Å². The molecular formula is C8H11N3O3. The van der Waals surface area contributed by atoms with Gasteiger partial charge in [0.05, 0.1) is 0 Å². The van der Waals surface area contributed by atoms with Gasteiger partial charge in [0.25, 0.3) is 0 Å². The summed E-state index contributed by atoms with van der Waals surface area (Å²) in [4.78, 5) is 20.7. The van der Waals surface area contributed by atoms with Crippen LogP contribution in [-0.4, -0.2) is 33.3 Å². The summed E-state index contributed by atoms with van der Waals surface area (Å²) >= 11 is 0. The summed E-state index contributed by atoms with van der Waals surface area (Å²) < 4.78 is 1.72. The first kappa shape index (κ1) is 10.2. The summed E-state index contributed by atoms with van der Waals surface area (Å²) in [6, 6.07) is 1.80. The molecule has 1 rings (SSSR count). The number of carboxylic acid groups (broad SMARTS) is 1. The molecule has 0 aliphatic carbocycles. The van der Waals surface area contributed by atoms with Gasteiger partial charge in [0, 0.05) is 25.5 Å². The van der Waals surface area contributed by atoms with Crippen LogP contribution in [0.25, 0.3) is 0 Å². The Bertz CT molecular complexity index is 308. The maximum absolute atomic E-state index is 10.6. The first-order chi connectivity index (χ1) is 6.70. The number of hydrogen-bond acceptors (Lipinski definition) is 3. The summed E-state index contributed by atoms with van der Waals surface area (Å²) in [6.07, 6.45) is 4.12. The molecule has 0 saturated carbocycles. The third kappa shape index (κ3) is 3.26. The van der Waals surface area contributed by atoms with Crippen LogP contribution in [0.15, 0.2) is 18.5 Å². The van der Waals surface area contributed by atoms with E-state index in [4.69, 9.17) is 5.11 Å². The normalized spacial score (nSPS) is 9.71. The highest BCUT2D eigenvalue weighted by Crippen LogP contribution is 1.87. The van der Waals surface area contributed by atoms with Gasteiger partial charge in [0.2, 0.25) is 0 Å². The maximum Gasteiger partial charge on any atom is 0.394 e. The van der Waals surface area contributed by atoms with Crippen molar-refractivity contribution in [2.45, 2.75) is 13.0 Å². The van der Waals surface area contributed by atoms with Crippen LogP contribution in [0.3, 0.4) is 0 Å². The molecule has 1 aromatic rings. The number of hydrogen-bond donors (Lipinski definition) is 2. The lowest BCUT2D eigenvalue weighted by molar-refractivity contribution is -0.150. The maximum atomic E-state index is 10.6. The average molecular weight is 197 g/mol. The summed E-state index contributed by atoms with van der Waals surface area (Å²) in [7, 11) is 0. The molecule has 2 N–H and O–H groups in total. The molecular weight excluding hydrogens is 186 g/mol. The molecule has 0 aromatic carbocycles. The van der Waals surface area contributed by atoms with Crippen molar-refractivity contribution in [3.05, 3.63) is 18.5 Å². The summed E-state index contributed by atoms with van der Waals surface area (Å²) in [5.74, 6) is -2.42. The van der Waals surface area contributed by atoms with Crippen molar-refractivity contribution in [2.24, 2.45) is 0 Å². The Morgan fingerprint density at radius 1 is 1.50 bits per heavy atom. The Labute approximate surface area is 80.5 Å². The zero-order valence-electron chi connectivity index (χ0n) is 7.51. The highest BCUT2D eigenvalue weighted by Gasteiger charge is 2.08. The number of carbonyl (C=O) groups excluding carboxylic acids is 1. The molecule has 6 nitrogen and oxygen atoms in total. The molecule has 0 atom stereocenters. The Morgan fingerprint density at radius 2 is 2.29 bits per heavy atom. The van der Waals surface area contributed by atoms with Crippen molar-refractivity contribution in [2.75, 3.05) is 6.54 Å². The first-order valence-electron chi connectivity index (χ1n) is 4.18. The van der Waals surface area contributed by atoms with E-state index in [0.717, 1.165) is 0 Å². The lowest BCUT2D eigenvalue weighted by atomic mass is 10.4. The van der Waals surface area contributed by atoms with E-state index in [2.05, 4.69) is 10.4 Å². The zero-order valence-corrected chi connectivity index (χ0v) is 7.51. The Kier molecular flexibility index (Phi) is 3.66. The fourth-order valence-electron chi connectivity index (χ4n) is 0.951. The van der Waals surface area contributed by atoms with E-state index in [1.807, 2.05) is 0 Å². The van der Waals surface area contributed by atoms with Gasteiger partial charge in [0.15, 0.2) is 0 Å². The number of nitrogens with zero attached hydrogens (tertiary/aromatic N) is 2. The molecule has 0 unspecified atom stereocenters. The minimum atomic E-state index is -1.45. The number of rotatable bonds is 4. The molecule has 1 heterocycles. The molecule has 14 heavy (non-hydrogen) atoms. The van der Waals surface area contributed by atoms with Crippen LogP contribution in [0.2, 0.25) is 0 Å². The minimum absolute atomic E-state index is 0.338. The lowest BCUT2D eigenvalue weighted by Crippen LogP contribution is -2.31. The molecule has 0 spiro atoms. The van der Waals surface area contributed by atoms with Crippen molar-refractivity contribution < 1.29 is 14.7 Å². The molecule has 0 aliphatic rings. The van der Waals surface area contributed by atoms with Crippen molar-refractivity contribution in [1.29, 1.82) is 0 Å². The fraction of sp³-hybridized carbons (Fsp3) is 0.375. The summed E-state index contributed by atoms with van der Waals surface area (Å²) in [6.45, 7) is 0.998. The van der Waals surface area contributed by atoms with E-state index >= 15 is 0 Å². The second-order valence-electron chi connectivity index (χ2n) is 2.68. The predicted molar refractivity (Wildman–Crippen MR) is 47.5 cm³/mol. The van der Waals surface area contributed by atoms with E-state index in [1.165, 1.54) is 0 Å². The molecule has 1 amide bonds. The lowest BCUT2D eigenvalue weighted by Gasteiger charge is -2.02. The molecule has 1 aromatic heterocycles. The second-order valence-corrected chi connectivity index (χ2v) is 2.68. The van der Waals surface area contributed by atoms with Crippen molar-refractivity contribution in [3.63, 3.8) is 0 Å². The number of nitrogens with one attached hydrogen (secondary N) is 1. The van der Waals surface area contributed by atoms with E-state index in [0.29, 0.717) is 19.5 Å².